The lowest BCUT2D eigenvalue weighted by molar-refractivity contribution is -0.148. The monoisotopic (exact) mass is 299 g/mol. The zero-order valence-corrected chi connectivity index (χ0v) is 13.1. The minimum atomic E-state index is -0.945. The van der Waals surface area contributed by atoms with Crippen molar-refractivity contribution in [2.45, 2.75) is 33.7 Å². The molecule has 112 valence electrons. The predicted molar refractivity (Wildman–Crippen MR) is 80.5 cm³/mol. The molecule has 0 bridgehead atoms. The summed E-state index contributed by atoms with van der Waals surface area (Å²) in [5.74, 6) is -0.389. The van der Waals surface area contributed by atoms with E-state index in [-0.39, 0.29) is 12.6 Å². The second-order valence-electron chi connectivity index (χ2n) is 5.45. The molecule has 0 saturated carbocycles. The Kier molecular flexibility index (Phi) is 5.84. The minimum Gasteiger partial charge on any atom is -0.491 e. The Bertz CT molecular complexity index is 474. The molecule has 1 aromatic carbocycles. The molecule has 0 amide bonds. The van der Waals surface area contributed by atoms with E-state index in [4.69, 9.17) is 21.4 Å². The fraction of sp³-hybridized carbons (Fsp3) is 0.533. The zero-order valence-electron chi connectivity index (χ0n) is 12.4. The van der Waals surface area contributed by atoms with E-state index in [1.807, 2.05) is 19.1 Å². The van der Waals surface area contributed by atoms with Crippen LogP contribution in [0.3, 0.4) is 0 Å². The molecule has 1 aromatic rings. The Morgan fingerprint density at radius 1 is 1.50 bits per heavy atom. The fourth-order valence-corrected chi connectivity index (χ4v) is 1.89. The molecule has 2 N–H and O–H groups in total. The zero-order chi connectivity index (χ0) is 15.3. The first kappa shape index (κ1) is 16.8. The van der Waals surface area contributed by atoms with Gasteiger partial charge in [0.2, 0.25) is 0 Å². The second-order valence-corrected chi connectivity index (χ2v) is 5.85. The highest BCUT2D eigenvalue weighted by Gasteiger charge is 2.28. The number of nitrogens with one attached hydrogen (secondary N) is 1. The number of carboxylic acid groups (broad SMARTS) is 1. The lowest BCUT2D eigenvalue weighted by Gasteiger charge is -2.20. The molecule has 1 atom stereocenters. The summed E-state index contributed by atoms with van der Waals surface area (Å²) in [7, 11) is 0. The highest BCUT2D eigenvalue weighted by Crippen LogP contribution is 2.29. The van der Waals surface area contributed by atoms with Crippen LogP contribution in [0.5, 0.6) is 5.75 Å². The van der Waals surface area contributed by atoms with E-state index in [0.717, 1.165) is 12.1 Å². The first-order valence-corrected chi connectivity index (χ1v) is 7.04. The minimum absolute atomic E-state index is 0.0736. The van der Waals surface area contributed by atoms with Crippen LogP contribution < -0.4 is 10.1 Å². The summed E-state index contributed by atoms with van der Waals surface area (Å²) >= 11 is 6.18. The molecule has 0 heterocycles. The summed E-state index contributed by atoms with van der Waals surface area (Å²) in [6, 6.07) is 5.77. The highest BCUT2D eigenvalue weighted by atomic mass is 35.5. The van der Waals surface area contributed by atoms with Crippen LogP contribution in [-0.4, -0.2) is 24.2 Å². The van der Waals surface area contributed by atoms with Gasteiger partial charge in [0.15, 0.2) is 0 Å². The van der Waals surface area contributed by atoms with Crippen LogP contribution in [0.4, 0.5) is 0 Å². The number of hydrogen-bond donors (Lipinski definition) is 2. The summed E-state index contributed by atoms with van der Waals surface area (Å²) in [6.07, 6.45) is 0. The van der Waals surface area contributed by atoms with E-state index in [9.17, 15) is 4.79 Å². The van der Waals surface area contributed by atoms with Crippen LogP contribution in [0.15, 0.2) is 18.2 Å². The van der Waals surface area contributed by atoms with Gasteiger partial charge in [-0.2, -0.15) is 0 Å². The van der Waals surface area contributed by atoms with Crippen LogP contribution in [0.1, 0.15) is 39.3 Å². The van der Waals surface area contributed by atoms with Gasteiger partial charge in [0.1, 0.15) is 12.4 Å². The molecule has 0 aliphatic heterocycles. The number of aliphatic carboxylic acids is 1. The van der Waals surface area contributed by atoms with Gasteiger partial charge in [-0.15, -0.1) is 0 Å². The summed E-state index contributed by atoms with van der Waals surface area (Å²) in [5.41, 5.74) is 0.126. The van der Waals surface area contributed by atoms with Gasteiger partial charge in [-0.1, -0.05) is 24.6 Å². The summed E-state index contributed by atoms with van der Waals surface area (Å²) in [6.45, 7) is 8.29. The number of ether oxygens (including phenoxy) is 1. The van der Waals surface area contributed by atoms with Crippen molar-refractivity contribution in [1.82, 2.24) is 5.32 Å². The van der Waals surface area contributed by atoms with Crippen LogP contribution in [0.25, 0.3) is 0 Å². The number of halogens is 1. The number of rotatable bonds is 7. The molecule has 1 rings (SSSR count). The molecule has 0 aliphatic rings. The SMILES string of the molecule is CCNC(C)c1ccc(OCC(C)(C)C(=O)O)c(Cl)c1. The Hall–Kier alpha value is -1.26. The van der Waals surface area contributed by atoms with Crippen molar-refractivity contribution in [2.24, 2.45) is 5.41 Å². The summed E-state index contributed by atoms with van der Waals surface area (Å²) in [4.78, 5) is 11.0. The molecule has 5 heteroatoms. The molecule has 1 unspecified atom stereocenters. The summed E-state index contributed by atoms with van der Waals surface area (Å²) in [5, 5.41) is 12.8. The number of carbonyl (C=O) groups is 1. The van der Waals surface area contributed by atoms with Crippen LogP contribution in [-0.2, 0) is 4.79 Å². The molecular weight excluding hydrogens is 278 g/mol. The average Bonchev–Trinajstić information content (AvgIpc) is 2.37. The topological polar surface area (TPSA) is 58.6 Å². The molecule has 0 spiro atoms. The summed E-state index contributed by atoms with van der Waals surface area (Å²) < 4.78 is 5.52. The van der Waals surface area contributed by atoms with Crippen molar-refractivity contribution in [3.8, 4) is 5.75 Å². The van der Waals surface area contributed by atoms with E-state index in [2.05, 4.69) is 12.2 Å². The maximum atomic E-state index is 11.0. The van der Waals surface area contributed by atoms with Gasteiger partial charge in [0, 0.05) is 6.04 Å². The Labute approximate surface area is 125 Å². The van der Waals surface area contributed by atoms with Gasteiger partial charge in [0.05, 0.1) is 10.4 Å². The van der Waals surface area contributed by atoms with E-state index in [1.165, 1.54) is 0 Å². The molecule has 0 aromatic heterocycles. The van der Waals surface area contributed by atoms with E-state index in [1.54, 1.807) is 19.9 Å². The van der Waals surface area contributed by atoms with Gasteiger partial charge in [0.25, 0.3) is 0 Å². The van der Waals surface area contributed by atoms with Gasteiger partial charge in [-0.3, -0.25) is 4.79 Å². The predicted octanol–water partition coefficient (Wildman–Crippen LogP) is 3.50. The maximum absolute atomic E-state index is 11.0. The third-order valence-corrected chi connectivity index (χ3v) is 3.43. The van der Waals surface area contributed by atoms with Crippen molar-refractivity contribution < 1.29 is 14.6 Å². The van der Waals surface area contributed by atoms with Crippen molar-refractivity contribution in [2.75, 3.05) is 13.2 Å². The standard InChI is InChI=1S/C15H22ClNO3/c1-5-17-10(2)11-6-7-13(12(16)8-11)20-9-15(3,4)14(18)19/h6-8,10,17H,5,9H2,1-4H3,(H,18,19). The number of benzene rings is 1. The van der Waals surface area contributed by atoms with Gasteiger partial charge < -0.3 is 15.2 Å². The van der Waals surface area contributed by atoms with Crippen molar-refractivity contribution >= 4 is 17.6 Å². The smallest absolute Gasteiger partial charge is 0.312 e. The molecule has 0 radical (unpaired) electrons. The largest absolute Gasteiger partial charge is 0.491 e. The third-order valence-electron chi connectivity index (χ3n) is 3.13. The quantitative estimate of drug-likeness (QED) is 0.809. The normalized spacial score (nSPS) is 13.1. The fourth-order valence-electron chi connectivity index (χ4n) is 1.65. The molecule has 20 heavy (non-hydrogen) atoms. The van der Waals surface area contributed by atoms with Crippen molar-refractivity contribution in [1.29, 1.82) is 0 Å². The number of carboxylic acids is 1. The molecular formula is C15H22ClNO3. The average molecular weight is 300 g/mol. The van der Waals surface area contributed by atoms with Gasteiger partial charge in [-0.25, -0.2) is 0 Å². The maximum Gasteiger partial charge on any atom is 0.312 e. The first-order valence-electron chi connectivity index (χ1n) is 6.67. The lowest BCUT2D eigenvalue weighted by Crippen LogP contribution is -2.30. The van der Waals surface area contributed by atoms with E-state index >= 15 is 0 Å². The first-order chi connectivity index (χ1) is 9.27. The molecule has 0 aliphatic carbocycles. The lowest BCUT2D eigenvalue weighted by atomic mass is 9.95. The molecule has 0 fully saturated rings. The Balaban J connectivity index is 2.76. The van der Waals surface area contributed by atoms with Crippen LogP contribution in [0.2, 0.25) is 5.02 Å². The Morgan fingerprint density at radius 3 is 2.65 bits per heavy atom. The second kappa shape index (κ2) is 6.95. The van der Waals surface area contributed by atoms with Crippen LogP contribution >= 0.6 is 11.6 Å². The van der Waals surface area contributed by atoms with E-state index in [0.29, 0.717) is 10.8 Å². The highest BCUT2D eigenvalue weighted by molar-refractivity contribution is 6.32. The van der Waals surface area contributed by atoms with Crippen LogP contribution in [0, 0.1) is 5.41 Å². The molecule has 4 nitrogen and oxygen atoms in total. The number of hydrogen-bond acceptors (Lipinski definition) is 3. The van der Waals surface area contributed by atoms with E-state index < -0.39 is 11.4 Å². The van der Waals surface area contributed by atoms with Crippen molar-refractivity contribution in [3.63, 3.8) is 0 Å². The van der Waals surface area contributed by atoms with Crippen molar-refractivity contribution in [3.05, 3.63) is 28.8 Å². The molecule has 0 saturated heterocycles. The van der Waals surface area contributed by atoms with Gasteiger partial charge in [-0.05, 0) is 45.0 Å². The third kappa shape index (κ3) is 4.39. The van der Waals surface area contributed by atoms with Gasteiger partial charge >= 0.3 is 5.97 Å². The Morgan fingerprint density at radius 2 is 2.15 bits per heavy atom.